The number of carboxylic acid groups (broad SMARTS) is 1. The van der Waals surface area contributed by atoms with Crippen molar-refractivity contribution < 1.29 is 18.3 Å². The third kappa shape index (κ3) is 1.95. The lowest BCUT2D eigenvalue weighted by molar-refractivity contribution is 0.0686. The summed E-state index contributed by atoms with van der Waals surface area (Å²) in [5.74, 6) is -0.821. The molecule has 1 aliphatic rings. The molecule has 1 aromatic heterocycles. The number of sulfone groups is 1. The summed E-state index contributed by atoms with van der Waals surface area (Å²) in [6, 6.07) is 0. The highest BCUT2D eigenvalue weighted by atomic mass is 32.2. The minimum Gasteiger partial charge on any atom is -0.476 e. The van der Waals surface area contributed by atoms with Crippen molar-refractivity contribution >= 4 is 15.8 Å². The summed E-state index contributed by atoms with van der Waals surface area (Å²) < 4.78 is 25.4. The molecule has 0 fully saturated rings. The molecule has 0 aliphatic carbocycles. The first kappa shape index (κ1) is 12.1. The SMILES string of the molecule is CCS(=O)(=O)c1c(C(=O)O)nc2n1CCCC2. The van der Waals surface area contributed by atoms with E-state index in [9.17, 15) is 13.2 Å². The average Bonchev–Trinajstić information content (AvgIpc) is 2.69. The Morgan fingerprint density at radius 1 is 1.47 bits per heavy atom. The largest absolute Gasteiger partial charge is 0.476 e. The van der Waals surface area contributed by atoms with E-state index >= 15 is 0 Å². The van der Waals surface area contributed by atoms with Crippen LogP contribution < -0.4 is 0 Å². The molecule has 1 N–H and O–H groups in total. The van der Waals surface area contributed by atoms with Gasteiger partial charge in [0, 0.05) is 13.0 Å². The molecule has 6 nitrogen and oxygen atoms in total. The lowest BCUT2D eigenvalue weighted by atomic mass is 10.2. The molecule has 0 spiro atoms. The topological polar surface area (TPSA) is 89.3 Å². The van der Waals surface area contributed by atoms with Crippen molar-refractivity contribution in [3.05, 3.63) is 11.5 Å². The van der Waals surface area contributed by atoms with Gasteiger partial charge >= 0.3 is 5.97 Å². The van der Waals surface area contributed by atoms with Crippen LogP contribution in [0.25, 0.3) is 0 Å². The number of rotatable bonds is 3. The maximum Gasteiger partial charge on any atom is 0.357 e. The van der Waals surface area contributed by atoms with Crippen LogP contribution in [-0.4, -0.2) is 34.8 Å². The van der Waals surface area contributed by atoms with Crippen molar-refractivity contribution in [1.29, 1.82) is 0 Å². The predicted molar refractivity (Wildman–Crippen MR) is 59.9 cm³/mol. The van der Waals surface area contributed by atoms with Crippen LogP contribution in [0.1, 0.15) is 36.1 Å². The molecule has 7 heteroatoms. The Balaban J connectivity index is 2.70. The quantitative estimate of drug-likeness (QED) is 0.862. The summed E-state index contributed by atoms with van der Waals surface area (Å²) in [5.41, 5.74) is -0.330. The van der Waals surface area contributed by atoms with Crippen molar-refractivity contribution in [2.75, 3.05) is 5.75 Å². The van der Waals surface area contributed by atoms with Crippen molar-refractivity contribution in [3.8, 4) is 0 Å². The number of hydrogen-bond acceptors (Lipinski definition) is 4. The summed E-state index contributed by atoms with van der Waals surface area (Å²) in [4.78, 5) is 15.0. The van der Waals surface area contributed by atoms with Crippen LogP contribution in [-0.2, 0) is 22.8 Å². The Hall–Kier alpha value is -1.37. The minimum atomic E-state index is -3.55. The molecule has 17 heavy (non-hydrogen) atoms. The van der Waals surface area contributed by atoms with Crippen molar-refractivity contribution in [2.45, 2.75) is 37.8 Å². The molecule has 0 amide bonds. The fraction of sp³-hybridized carbons (Fsp3) is 0.600. The van der Waals surface area contributed by atoms with E-state index in [1.165, 1.54) is 6.92 Å². The molecule has 1 aromatic rings. The van der Waals surface area contributed by atoms with E-state index in [0.29, 0.717) is 18.8 Å². The average molecular weight is 258 g/mol. The van der Waals surface area contributed by atoms with Crippen LogP contribution in [0.3, 0.4) is 0 Å². The normalized spacial score (nSPS) is 15.6. The Morgan fingerprint density at radius 3 is 2.76 bits per heavy atom. The summed E-state index contributed by atoms with van der Waals surface area (Å²) in [6.45, 7) is 2.04. The van der Waals surface area contributed by atoms with Gasteiger partial charge in [-0.15, -0.1) is 0 Å². The number of aromatic nitrogens is 2. The highest BCUT2D eigenvalue weighted by molar-refractivity contribution is 7.91. The van der Waals surface area contributed by atoms with E-state index in [2.05, 4.69) is 4.98 Å². The fourth-order valence-corrected chi connectivity index (χ4v) is 3.28. The first-order valence-corrected chi connectivity index (χ1v) is 7.18. The Kier molecular flexibility index (Phi) is 2.94. The molecule has 0 bridgehead atoms. The molecule has 2 rings (SSSR count). The van der Waals surface area contributed by atoms with E-state index in [0.717, 1.165) is 12.8 Å². The summed E-state index contributed by atoms with van der Waals surface area (Å²) in [7, 11) is -3.55. The Bertz CT molecular complexity index is 559. The van der Waals surface area contributed by atoms with Gasteiger partial charge in [0.05, 0.1) is 5.75 Å². The number of hydrogen-bond donors (Lipinski definition) is 1. The first-order chi connectivity index (χ1) is 7.97. The lowest BCUT2D eigenvalue weighted by Crippen LogP contribution is -2.18. The second-order valence-corrected chi connectivity index (χ2v) is 6.19. The Morgan fingerprint density at radius 2 is 2.18 bits per heavy atom. The molecule has 0 atom stereocenters. The van der Waals surface area contributed by atoms with Gasteiger partial charge in [-0.1, -0.05) is 6.92 Å². The molecule has 0 saturated heterocycles. The van der Waals surface area contributed by atoms with Gasteiger partial charge in [0.1, 0.15) is 5.82 Å². The van der Waals surface area contributed by atoms with Crippen molar-refractivity contribution in [2.24, 2.45) is 0 Å². The number of imidazole rings is 1. The van der Waals surface area contributed by atoms with Gasteiger partial charge in [-0.3, -0.25) is 0 Å². The van der Waals surface area contributed by atoms with Gasteiger partial charge in [0.2, 0.25) is 0 Å². The number of fused-ring (bicyclic) bond motifs is 1. The molecular weight excluding hydrogens is 244 g/mol. The number of carboxylic acids is 1. The number of aryl methyl sites for hydroxylation is 1. The Labute approximate surface area is 99.2 Å². The number of aromatic carboxylic acids is 1. The van der Waals surface area contributed by atoms with Crippen molar-refractivity contribution in [1.82, 2.24) is 9.55 Å². The van der Waals surface area contributed by atoms with Gasteiger partial charge in [-0.25, -0.2) is 18.2 Å². The van der Waals surface area contributed by atoms with E-state index in [1.807, 2.05) is 0 Å². The van der Waals surface area contributed by atoms with Crippen LogP contribution in [0, 0.1) is 0 Å². The second kappa shape index (κ2) is 4.14. The predicted octanol–water partition coefficient (Wildman–Crippen LogP) is 0.711. The summed E-state index contributed by atoms with van der Waals surface area (Å²) in [5, 5.41) is 8.91. The molecule has 0 saturated carbocycles. The van der Waals surface area contributed by atoms with Gasteiger partial charge in [-0.05, 0) is 12.8 Å². The molecule has 0 radical (unpaired) electrons. The first-order valence-electron chi connectivity index (χ1n) is 5.53. The number of carbonyl (C=O) groups is 1. The zero-order chi connectivity index (χ0) is 12.6. The summed E-state index contributed by atoms with van der Waals surface area (Å²) >= 11 is 0. The molecule has 0 aromatic carbocycles. The summed E-state index contributed by atoms with van der Waals surface area (Å²) in [6.07, 6.45) is 2.41. The zero-order valence-corrected chi connectivity index (χ0v) is 10.3. The standard InChI is InChI=1S/C10H14N2O4S/c1-2-17(15,16)9-8(10(13)14)11-7-5-3-4-6-12(7)9/h2-6H2,1H3,(H,13,14). The lowest BCUT2D eigenvalue weighted by Gasteiger charge is -2.15. The van der Waals surface area contributed by atoms with Gasteiger partial charge < -0.3 is 9.67 Å². The fourth-order valence-electron chi connectivity index (χ4n) is 2.05. The second-order valence-electron chi connectivity index (χ2n) is 4.00. The van der Waals surface area contributed by atoms with Gasteiger partial charge in [-0.2, -0.15) is 0 Å². The molecule has 1 aliphatic heterocycles. The molecule has 0 unspecified atom stereocenters. The monoisotopic (exact) mass is 258 g/mol. The molecule has 94 valence electrons. The van der Waals surface area contributed by atoms with E-state index in [4.69, 9.17) is 5.11 Å². The maximum absolute atomic E-state index is 11.9. The van der Waals surface area contributed by atoms with Crippen LogP contribution >= 0.6 is 0 Å². The zero-order valence-electron chi connectivity index (χ0n) is 9.51. The smallest absolute Gasteiger partial charge is 0.357 e. The van der Waals surface area contributed by atoms with E-state index in [1.54, 1.807) is 4.57 Å². The van der Waals surface area contributed by atoms with Crippen LogP contribution in [0.2, 0.25) is 0 Å². The van der Waals surface area contributed by atoms with Crippen LogP contribution in [0.4, 0.5) is 0 Å². The van der Waals surface area contributed by atoms with Crippen LogP contribution in [0.5, 0.6) is 0 Å². The third-order valence-corrected chi connectivity index (χ3v) is 4.67. The number of nitrogens with zero attached hydrogens (tertiary/aromatic N) is 2. The van der Waals surface area contributed by atoms with E-state index < -0.39 is 15.8 Å². The van der Waals surface area contributed by atoms with Crippen LogP contribution in [0.15, 0.2) is 5.03 Å². The van der Waals surface area contributed by atoms with Crippen molar-refractivity contribution in [3.63, 3.8) is 0 Å². The highest BCUT2D eigenvalue weighted by Crippen LogP contribution is 2.24. The third-order valence-electron chi connectivity index (χ3n) is 2.91. The van der Waals surface area contributed by atoms with Gasteiger partial charge in [0.25, 0.3) is 0 Å². The maximum atomic E-state index is 11.9. The van der Waals surface area contributed by atoms with Gasteiger partial charge in [0.15, 0.2) is 20.6 Å². The minimum absolute atomic E-state index is 0.113. The van der Waals surface area contributed by atoms with E-state index in [-0.39, 0.29) is 16.5 Å². The highest BCUT2D eigenvalue weighted by Gasteiger charge is 2.31. The molecular formula is C10H14N2O4S. The molecule has 2 heterocycles.